The van der Waals surface area contributed by atoms with Gasteiger partial charge in [-0.15, -0.1) is 11.3 Å². The van der Waals surface area contributed by atoms with Gasteiger partial charge in [-0.25, -0.2) is 9.97 Å². The number of rotatable bonds is 4. The number of carbonyl (C=O) groups is 1. The maximum atomic E-state index is 13.2. The van der Waals surface area contributed by atoms with E-state index in [0.717, 1.165) is 53.2 Å². The first-order valence-corrected chi connectivity index (χ1v) is 10.6. The van der Waals surface area contributed by atoms with Crippen LogP contribution in [0.5, 0.6) is 0 Å². The smallest absolute Gasteiger partial charge is 0.226 e. The van der Waals surface area contributed by atoms with Crippen LogP contribution in [0, 0.1) is 12.8 Å². The second kappa shape index (κ2) is 7.60. The van der Waals surface area contributed by atoms with Gasteiger partial charge in [0.2, 0.25) is 5.91 Å². The quantitative estimate of drug-likeness (QED) is 0.674. The number of aromatic nitrogens is 3. The molecule has 0 aliphatic heterocycles. The summed E-state index contributed by atoms with van der Waals surface area (Å²) in [4.78, 5) is 27.7. The van der Waals surface area contributed by atoms with Crippen LogP contribution in [0.3, 0.4) is 0 Å². The van der Waals surface area contributed by atoms with Crippen LogP contribution in [-0.4, -0.2) is 32.8 Å². The number of hydrogen-bond acceptors (Lipinski definition) is 4. The number of hydrogen-bond donors (Lipinski definition) is 1. The fourth-order valence-electron chi connectivity index (χ4n) is 3.97. The molecule has 0 bridgehead atoms. The van der Waals surface area contributed by atoms with Gasteiger partial charge < -0.3 is 9.88 Å². The number of nitrogens with one attached hydrogen (secondary N) is 1. The van der Waals surface area contributed by atoms with E-state index in [-0.39, 0.29) is 17.7 Å². The minimum absolute atomic E-state index is 0.0409. The molecule has 7 heteroatoms. The van der Waals surface area contributed by atoms with E-state index < -0.39 is 0 Å². The molecule has 2 heterocycles. The molecule has 5 nitrogen and oxygen atoms in total. The lowest BCUT2D eigenvalue weighted by Crippen LogP contribution is -2.37. The molecule has 2 aromatic heterocycles. The number of H-pyrrole nitrogens is 1. The summed E-state index contributed by atoms with van der Waals surface area (Å²) in [6.45, 7) is 2.54. The summed E-state index contributed by atoms with van der Waals surface area (Å²) in [6.07, 6.45) is 4.10. The summed E-state index contributed by atoms with van der Waals surface area (Å²) in [6, 6.07) is 5.67. The molecule has 1 aliphatic rings. The minimum Gasteiger partial charge on any atom is -0.342 e. The molecule has 1 saturated carbocycles. The molecule has 2 atom stereocenters. The maximum absolute atomic E-state index is 13.2. The zero-order valence-electron chi connectivity index (χ0n) is 15.5. The molecule has 1 fully saturated rings. The topological polar surface area (TPSA) is 61.9 Å². The number of thiazole rings is 1. The zero-order chi connectivity index (χ0) is 19.0. The van der Waals surface area contributed by atoms with Gasteiger partial charge in [-0.2, -0.15) is 0 Å². The summed E-state index contributed by atoms with van der Waals surface area (Å²) in [5.74, 6) is 1.17. The van der Waals surface area contributed by atoms with E-state index in [9.17, 15) is 4.79 Å². The van der Waals surface area contributed by atoms with E-state index in [1.165, 1.54) is 0 Å². The highest BCUT2D eigenvalue weighted by molar-refractivity contribution is 7.09. The van der Waals surface area contributed by atoms with Crippen LogP contribution in [0.4, 0.5) is 0 Å². The highest BCUT2D eigenvalue weighted by atomic mass is 35.5. The van der Waals surface area contributed by atoms with E-state index in [1.807, 2.05) is 42.5 Å². The van der Waals surface area contributed by atoms with Crippen LogP contribution in [-0.2, 0) is 11.3 Å². The highest BCUT2D eigenvalue weighted by Crippen LogP contribution is 2.38. The van der Waals surface area contributed by atoms with E-state index in [1.54, 1.807) is 11.3 Å². The summed E-state index contributed by atoms with van der Waals surface area (Å²) in [5, 5.41) is 3.69. The molecule has 1 N–H and O–H groups in total. The van der Waals surface area contributed by atoms with E-state index in [4.69, 9.17) is 16.6 Å². The molecule has 27 heavy (non-hydrogen) atoms. The van der Waals surface area contributed by atoms with Gasteiger partial charge in [0.1, 0.15) is 10.8 Å². The van der Waals surface area contributed by atoms with Crippen molar-refractivity contribution >= 4 is 39.9 Å². The molecule has 0 spiro atoms. The molecular formula is C20H23ClN4OS. The van der Waals surface area contributed by atoms with Crippen molar-refractivity contribution in [1.82, 2.24) is 19.9 Å². The number of nitrogens with zero attached hydrogens (tertiary/aromatic N) is 3. The Bertz CT molecular complexity index is 966. The molecule has 1 aliphatic carbocycles. The largest absolute Gasteiger partial charge is 0.342 e. The van der Waals surface area contributed by atoms with Crippen LogP contribution in [0.2, 0.25) is 5.02 Å². The first-order valence-electron chi connectivity index (χ1n) is 9.32. The van der Waals surface area contributed by atoms with Crippen LogP contribution >= 0.6 is 22.9 Å². The Hall–Kier alpha value is -1.92. The van der Waals surface area contributed by atoms with Crippen LogP contribution < -0.4 is 0 Å². The number of benzene rings is 1. The minimum atomic E-state index is -0.0409. The Morgan fingerprint density at radius 2 is 2.15 bits per heavy atom. The van der Waals surface area contributed by atoms with Crippen LogP contribution in [0.25, 0.3) is 11.0 Å². The van der Waals surface area contributed by atoms with Crippen molar-refractivity contribution in [2.75, 3.05) is 7.05 Å². The Kier molecular flexibility index (Phi) is 5.19. The Labute approximate surface area is 167 Å². The first kappa shape index (κ1) is 18.4. The monoisotopic (exact) mass is 402 g/mol. The molecule has 0 saturated heterocycles. The predicted octanol–water partition coefficient (Wildman–Crippen LogP) is 4.91. The van der Waals surface area contributed by atoms with Gasteiger partial charge in [0.05, 0.1) is 17.6 Å². The normalized spacial score (nSPS) is 20.1. The molecule has 1 amide bonds. The lowest BCUT2D eigenvalue weighted by atomic mass is 9.78. The van der Waals surface area contributed by atoms with Crippen molar-refractivity contribution in [2.45, 2.75) is 45.1 Å². The molecule has 4 rings (SSSR count). The summed E-state index contributed by atoms with van der Waals surface area (Å²) in [5.41, 5.74) is 2.84. The van der Waals surface area contributed by atoms with Crippen molar-refractivity contribution in [3.05, 3.63) is 45.1 Å². The molecular weight excluding hydrogens is 380 g/mol. The number of fused-ring (bicyclic) bond motifs is 1. The average Bonchev–Trinajstić information content (AvgIpc) is 3.26. The Balaban J connectivity index is 1.56. The third-order valence-corrected chi connectivity index (χ3v) is 6.50. The lowest BCUT2D eigenvalue weighted by Gasteiger charge is -2.32. The fraction of sp³-hybridized carbons (Fsp3) is 0.450. The lowest BCUT2D eigenvalue weighted by molar-refractivity contribution is -0.136. The maximum Gasteiger partial charge on any atom is 0.226 e. The van der Waals surface area contributed by atoms with E-state index in [0.29, 0.717) is 11.6 Å². The third kappa shape index (κ3) is 3.87. The first-order chi connectivity index (χ1) is 13.0. The van der Waals surface area contributed by atoms with Crippen molar-refractivity contribution in [1.29, 1.82) is 0 Å². The van der Waals surface area contributed by atoms with Gasteiger partial charge >= 0.3 is 0 Å². The van der Waals surface area contributed by atoms with E-state index in [2.05, 4.69) is 9.97 Å². The summed E-state index contributed by atoms with van der Waals surface area (Å²) in [7, 11) is 1.88. The Morgan fingerprint density at radius 1 is 1.33 bits per heavy atom. The van der Waals surface area contributed by atoms with Crippen molar-refractivity contribution < 1.29 is 4.79 Å². The van der Waals surface area contributed by atoms with Gasteiger partial charge in [0.15, 0.2) is 0 Å². The van der Waals surface area contributed by atoms with Crippen LogP contribution in [0.1, 0.15) is 48.1 Å². The van der Waals surface area contributed by atoms with Gasteiger partial charge in [-0.05, 0) is 38.0 Å². The van der Waals surface area contributed by atoms with Crippen LogP contribution in [0.15, 0.2) is 23.6 Å². The molecule has 1 aromatic carbocycles. The van der Waals surface area contributed by atoms with Crippen molar-refractivity contribution in [2.24, 2.45) is 5.92 Å². The molecule has 3 aromatic rings. The third-order valence-electron chi connectivity index (χ3n) is 5.31. The van der Waals surface area contributed by atoms with Gasteiger partial charge in [0, 0.05) is 35.0 Å². The SMILES string of the molecule is Cc1csc(CN(C)C(=O)[C@H]2CCCC[C@H]2c2nc3ccc(Cl)cc3[nH]2)n1. The van der Waals surface area contributed by atoms with Crippen molar-refractivity contribution in [3.8, 4) is 0 Å². The summed E-state index contributed by atoms with van der Waals surface area (Å²) >= 11 is 7.71. The predicted molar refractivity (Wildman–Crippen MR) is 109 cm³/mol. The number of amides is 1. The number of halogens is 1. The van der Waals surface area contributed by atoms with Crippen molar-refractivity contribution in [3.63, 3.8) is 0 Å². The zero-order valence-corrected chi connectivity index (χ0v) is 17.1. The van der Waals surface area contributed by atoms with Gasteiger partial charge in [-0.3, -0.25) is 4.79 Å². The van der Waals surface area contributed by atoms with Gasteiger partial charge in [-0.1, -0.05) is 24.4 Å². The number of imidazole rings is 1. The second-order valence-electron chi connectivity index (χ2n) is 7.36. The van der Waals surface area contributed by atoms with Gasteiger partial charge in [0.25, 0.3) is 0 Å². The molecule has 0 radical (unpaired) electrons. The standard InChI is InChI=1S/C20H23ClN4OS/c1-12-11-27-18(22-12)10-25(2)20(26)15-6-4-3-5-14(15)19-23-16-8-7-13(21)9-17(16)24-19/h7-9,11,14-15H,3-6,10H2,1-2H3,(H,23,24)/t14-,15+/m1/s1. The second-order valence-corrected chi connectivity index (χ2v) is 8.74. The molecule has 0 unspecified atom stereocenters. The highest BCUT2D eigenvalue weighted by Gasteiger charge is 2.35. The molecule has 142 valence electrons. The fourth-order valence-corrected chi connectivity index (χ4v) is 4.97. The number of carbonyl (C=O) groups excluding carboxylic acids is 1. The number of aromatic amines is 1. The average molecular weight is 403 g/mol. The van der Waals surface area contributed by atoms with E-state index >= 15 is 0 Å². The number of aryl methyl sites for hydroxylation is 1. The Morgan fingerprint density at radius 3 is 2.93 bits per heavy atom. The summed E-state index contributed by atoms with van der Waals surface area (Å²) < 4.78 is 0.